The molecule has 0 saturated carbocycles. The van der Waals surface area contributed by atoms with Crippen LogP contribution in [0, 0.1) is 0 Å². The zero-order valence-electron chi connectivity index (χ0n) is 31.7. The number of ether oxygens (including phenoxy) is 2. The molecular weight excluding hydrogens is 669 g/mol. The van der Waals surface area contributed by atoms with E-state index in [4.69, 9.17) is 24.8 Å². The molecule has 0 bridgehead atoms. The van der Waals surface area contributed by atoms with Crippen molar-refractivity contribution in [3.63, 3.8) is 0 Å². The quantitative estimate of drug-likeness (QED) is 0.0245. The Hall–Kier alpha value is -2.33. The van der Waals surface area contributed by atoms with Gasteiger partial charge in [0.05, 0.1) is 19.8 Å². The lowest BCUT2D eigenvalue weighted by molar-refractivity contribution is -0.154. The Morgan fingerprint density at radius 3 is 1.71 bits per heavy atom. The summed E-state index contributed by atoms with van der Waals surface area (Å²) in [6.07, 6.45) is 41.6. The van der Waals surface area contributed by atoms with E-state index in [1.54, 1.807) is 0 Å². The number of carbonyl (C=O) groups excluding carboxylic acids is 1. The lowest BCUT2D eigenvalue weighted by atomic mass is 10.1. The smallest absolute Gasteiger partial charge is 0.472 e. The van der Waals surface area contributed by atoms with Crippen LogP contribution in [0.4, 0.5) is 0 Å². The number of rotatable bonds is 36. The molecule has 0 fully saturated rings. The molecule has 294 valence electrons. The maximum absolute atomic E-state index is 12.4. The SMILES string of the molecule is CC/C=C\C/C=C\C/C=C\C/C=C\C/C=C\CCCCCCCCOCC(COP(=O)(O)OCC(N)C(=O)O)OC(=O)CCCCCCCCC. The molecule has 51 heavy (non-hydrogen) atoms. The summed E-state index contributed by atoms with van der Waals surface area (Å²) >= 11 is 0. The van der Waals surface area contributed by atoms with Crippen molar-refractivity contribution in [2.75, 3.05) is 26.4 Å². The van der Waals surface area contributed by atoms with Gasteiger partial charge in [0.1, 0.15) is 12.1 Å². The molecule has 0 aliphatic heterocycles. The van der Waals surface area contributed by atoms with Crippen molar-refractivity contribution in [3.05, 3.63) is 60.8 Å². The molecule has 0 saturated heterocycles. The number of nitrogens with two attached hydrogens (primary N) is 1. The van der Waals surface area contributed by atoms with Gasteiger partial charge in [0.15, 0.2) is 0 Å². The van der Waals surface area contributed by atoms with Gasteiger partial charge in [0.2, 0.25) is 0 Å². The molecule has 0 spiro atoms. The average Bonchev–Trinajstić information content (AvgIpc) is 3.10. The predicted octanol–water partition coefficient (Wildman–Crippen LogP) is 10.1. The van der Waals surface area contributed by atoms with E-state index >= 15 is 0 Å². The summed E-state index contributed by atoms with van der Waals surface area (Å²) in [5.74, 6) is -1.80. The number of hydrogen-bond donors (Lipinski definition) is 3. The first-order chi connectivity index (χ1) is 24.7. The molecule has 11 heteroatoms. The number of carboxylic acid groups (broad SMARTS) is 1. The fourth-order valence-electron chi connectivity index (χ4n) is 4.80. The lowest BCUT2D eigenvalue weighted by Crippen LogP contribution is -2.34. The fraction of sp³-hybridized carbons (Fsp3) is 0.700. The zero-order chi connectivity index (χ0) is 37.7. The largest absolute Gasteiger partial charge is 0.480 e. The second-order valence-corrected chi connectivity index (χ2v) is 14.1. The Morgan fingerprint density at radius 2 is 1.14 bits per heavy atom. The topological polar surface area (TPSA) is 155 Å². The highest BCUT2D eigenvalue weighted by molar-refractivity contribution is 7.47. The van der Waals surface area contributed by atoms with Gasteiger partial charge in [0, 0.05) is 13.0 Å². The molecule has 0 amide bonds. The van der Waals surface area contributed by atoms with E-state index in [0.29, 0.717) is 13.0 Å². The second-order valence-electron chi connectivity index (χ2n) is 12.7. The van der Waals surface area contributed by atoms with Gasteiger partial charge in [0.25, 0.3) is 0 Å². The standard InChI is InChI=1S/C40H70NO9P/c1-3-5-7-9-11-12-13-14-15-16-17-18-19-20-21-22-23-24-25-27-29-31-33-47-34-37(35-48-51(45,46)49-36-38(41)40(43)44)50-39(42)32-30-28-26-10-8-6-4-2/h5,7,11-12,14-15,17-18,20-21,37-38H,3-4,6,8-10,13,16,19,22-36,41H2,1-2H3,(H,43,44)(H,45,46)/b7-5-,12-11-,15-14-,18-17-,21-20-. The third-order valence-electron chi connectivity index (χ3n) is 7.81. The van der Waals surface area contributed by atoms with Gasteiger partial charge < -0.3 is 25.2 Å². The van der Waals surface area contributed by atoms with E-state index in [1.807, 2.05) is 0 Å². The van der Waals surface area contributed by atoms with Gasteiger partial charge >= 0.3 is 19.8 Å². The summed E-state index contributed by atoms with van der Waals surface area (Å²) in [5.41, 5.74) is 5.32. The minimum Gasteiger partial charge on any atom is -0.480 e. The fourth-order valence-corrected chi connectivity index (χ4v) is 5.58. The highest BCUT2D eigenvalue weighted by atomic mass is 31.2. The molecule has 0 aromatic carbocycles. The van der Waals surface area contributed by atoms with E-state index in [1.165, 1.54) is 32.1 Å². The number of unbranched alkanes of at least 4 members (excludes halogenated alkanes) is 12. The molecule has 4 N–H and O–H groups in total. The molecule has 0 radical (unpaired) electrons. The first kappa shape index (κ1) is 48.7. The van der Waals surface area contributed by atoms with Crippen LogP contribution in [0.3, 0.4) is 0 Å². The summed E-state index contributed by atoms with van der Waals surface area (Å²) < 4.78 is 33.1. The van der Waals surface area contributed by atoms with Crippen LogP contribution in [0.1, 0.15) is 142 Å². The number of carbonyl (C=O) groups is 2. The van der Waals surface area contributed by atoms with Crippen LogP contribution in [0.2, 0.25) is 0 Å². The Bertz CT molecular complexity index is 1040. The van der Waals surface area contributed by atoms with Crippen LogP contribution >= 0.6 is 7.82 Å². The minimum atomic E-state index is -4.61. The molecule has 0 aromatic heterocycles. The van der Waals surface area contributed by atoms with Crippen molar-refractivity contribution >= 4 is 19.8 Å². The number of carboxylic acids is 1. The summed E-state index contributed by atoms with van der Waals surface area (Å²) in [6, 6.07) is -1.48. The van der Waals surface area contributed by atoms with Crippen molar-refractivity contribution in [1.29, 1.82) is 0 Å². The van der Waals surface area contributed by atoms with Crippen LogP contribution in [-0.2, 0) is 32.7 Å². The normalized spacial score (nSPS) is 14.7. The number of hydrogen-bond acceptors (Lipinski definition) is 8. The van der Waals surface area contributed by atoms with E-state index in [0.717, 1.165) is 83.5 Å². The molecule has 3 atom stereocenters. The Balaban J connectivity index is 4.18. The maximum atomic E-state index is 12.4. The summed E-state index contributed by atoms with van der Waals surface area (Å²) in [7, 11) is -4.61. The molecule has 3 unspecified atom stereocenters. The van der Waals surface area contributed by atoms with Crippen LogP contribution in [-0.4, -0.2) is 60.5 Å². The van der Waals surface area contributed by atoms with Crippen LogP contribution < -0.4 is 5.73 Å². The molecule has 0 aliphatic rings. The van der Waals surface area contributed by atoms with Crippen molar-refractivity contribution < 1.29 is 42.7 Å². The molecule has 0 heterocycles. The number of aliphatic carboxylic acids is 1. The van der Waals surface area contributed by atoms with E-state index < -0.39 is 45.1 Å². The van der Waals surface area contributed by atoms with Crippen molar-refractivity contribution in [2.24, 2.45) is 5.73 Å². The third-order valence-corrected chi connectivity index (χ3v) is 8.76. The number of allylic oxidation sites excluding steroid dienone is 10. The summed E-state index contributed by atoms with van der Waals surface area (Å²) in [5, 5.41) is 8.85. The summed E-state index contributed by atoms with van der Waals surface area (Å²) in [6.45, 7) is 3.65. The maximum Gasteiger partial charge on any atom is 0.472 e. The summed E-state index contributed by atoms with van der Waals surface area (Å²) in [4.78, 5) is 33.2. The molecule has 0 rings (SSSR count). The minimum absolute atomic E-state index is 0.00461. The third kappa shape index (κ3) is 35.8. The highest BCUT2D eigenvalue weighted by Crippen LogP contribution is 2.43. The van der Waals surface area contributed by atoms with Gasteiger partial charge in [-0.2, -0.15) is 0 Å². The monoisotopic (exact) mass is 739 g/mol. The van der Waals surface area contributed by atoms with Crippen LogP contribution in [0.15, 0.2) is 60.8 Å². The van der Waals surface area contributed by atoms with Gasteiger partial charge in [-0.15, -0.1) is 0 Å². The van der Waals surface area contributed by atoms with E-state index in [-0.39, 0.29) is 13.0 Å². The molecule has 10 nitrogen and oxygen atoms in total. The van der Waals surface area contributed by atoms with E-state index in [9.17, 15) is 19.0 Å². The van der Waals surface area contributed by atoms with Crippen molar-refractivity contribution in [3.8, 4) is 0 Å². The first-order valence-corrected chi connectivity index (χ1v) is 20.8. The Morgan fingerprint density at radius 1 is 0.647 bits per heavy atom. The number of phosphoric ester groups is 1. The van der Waals surface area contributed by atoms with Crippen molar-refractivity contribution in [2.45, 2.75) is 154 Å². The zero-order valence-corrected chi connectivity index (χ0v) is 32.6. The van der Waals surface area contributed by atoms with Gasteiger partial charge in [-0.3, -0.25) is 18.6 Å². The van der Waals surface area contributed by atoms with Gasteiger partial charge in [-0.1, -0.05) is 139 Å². The molecular formula is C40H70NO9P. The van der Waals surface area contributed by atoms with Crippen LogP contribution in [0.5, 0.6) is 0 Å². The highest BCUT2D eigenvalue weighted by Gasteiger charge is 2.27. The Labute approximate surface area is 309 Å². The average molecular weight is 740 g/mol. The predicted molar refractivity (Wildman–Crippen MR) is 207 cm³/mol. The first-order valence-electron chi connectivity index (χ1n) is 19.3. The number of phosphoric acid groups is 1. The Kier molecular flexibility index (Phi) is 34.4. The van der Waals surface area contributed by atoms with Crippen molar-refractivity contribution in [1.82, 2.24) is 0 Å². The van der Waals surface area contributed by atoms with Crippen LogP contribution in [0.25, 0.3) is 0 Å². The lowest BCUT2D eigenvalue weighted by Gasteiger charge is -2.20. The van der Waals surface area contributed by atoms with Gasteiger partial charge in [-0.05, 0) is 57.8 Å². The van der Waals surface area contributed by atoms with Gasteiger partial charge in [-0.25, -0.2) is 4.57 Å². The number of esters is 1. The molecule has 0 aromatic rings. The second kappa shape index (κ2) is 36.0. The molecule has 0 aliphatic carbocycles. The van der Waals surface area contributed by atoms with E-state index in [2.05, 4.69) is 79.1 Å².